The van der Waals surface area contributed by atoms with Crippen LogP contribution in [0.15, 0.2) is 30.3 Å². The predicted molar refractivity (Wildman–Crippen MR) is 93.7 cm³/mol. The fourth-order valence-electron chi connectivity index (χ4n) is 3.94. The lowest BCUT2D eigenvalue weighted by molar-refractivity contribution is -0.137. The second-order valence-electron chi connectivity index (χ2n) is 6.92. The zero-order chi connectivity index (χ0) is 17.6. The molecule has 6 heteroatoms. The van der Waals surface area contributed by atoms with Crippen molar-refractivity contribution < 1.29 is 14.8 Å². The number of nitrogens with one attached hydrogen (secondary N) is 2. The van der Waals surface area contributed by atoms with E-state index in [1.165, 1.54) is 5.56 Å². The van der Waals surface area contributed by atoms with E-state index in [-0.39, 0.29) is 24.3 Å². The smallest absolute Gasteiger partial charge is 0.243 e. The minimum Gasteiger partial charge on any atom is -0.341 e. The number of likely N-dealkylation sites (tertiary alicyclic amines) is 1. The normalized spacial score (nSPS) is 24.8. The van der Waals surface area contributed by atoms with Crippen molar-refractivity contribution in [1.29, 1.82) is 0 Å². The van der Waals surface area contributed by atoms with Gasteiger partial charge in [0.2, 0.25) is 11.8 Å². The number of amides is 2. The highest BCUT2D eigenvalue weighted by molar-refractivity contribution is 5.84. The van der Waals surface area contributed by atoms with Gasteiger partial charge in [0.1, 0.15) is 0 Å². The number of benzene rings is 1. The number of hydroxylamine groups is 1. The molecule has 1 aromatic rings. The van der Waals surface area contributed by atoms with Crippen LogP contribution in [0.3, 0.4) is 0 Å². The molecule has 0 bridgehead atoms. The maximum Gasteiger partial charge on any atom is 0.243 e. The Labute approximate surface area is 148 Å². The summed E-state index contributed by atoms with van der Waals surface area (Å²) >= 11 is 0. The largest absolute Gasteiger partial charge is 0.341 e. The number of carbonyl (C=O) groups is 2. The Morgan fingerprint density at radius 3 is 2.60 bits per heavy atom. The van der Waals surface area contributed by atoms with Gasteiger partial charge < -0.3 is 10.2 Å². The van der Waals surface area contributed by atoms with E-state index >= 15 is 0 Å². The van der Waals surface area contributed by atoms with Gasteiger partial charge in [-0.15, -0.1) is 0 Å². The van der Waals surface area contributed by atoms with Gasteiger partial charge in [-0.2, -0.15) is 0 Å². The third kappa shape index (κ3) is 4.38. The molecule has 6 nitrogen and oxygen atoms in total. The minimum atomic E-state index is -0.442. The average molecular weight is 344 g/mol. The summed E-state index contributed by atoms with van der Waals surface area (Å²) in [5.41, 5.74) is 3.01. The lowest BCUT2D eigenvalue weighted by Crippen LogP contribution is -2.55. The van der Waals surface area contributed by atoms with Crippen LogP contribution in [0.5, 0.6) is 0 Å². The molecule has 2 fully saturated rings. The number of nitrogens with zero attached hydrogens (tertiary/aromatic N) is 1. The van der Waals surface area contributed by atoms with Crippen LogP contribution < -0.4 is 10.8 Å². The Balaban J connectivity index is 1.58. The zero-order valence-electron chi connectivity index (χ0n) is 14.4. The third-order valence-electron chi connectivity index (χ3n) is 5.34. The maximum atomic E-state index is 12.9. The van der Waals surface area contributed by atoms with Crippen molar-refractivity contribution in [1.82, 2.24) is 15.7 Å². The molecule has 2 aliphatic rings. The summed E-state index contributed by atoms with van der Waals surface area (Å²) in [5, 5.41) is 12.0. The van der Waals surface area contributed by atoms with Crippen LogP contribution in [-0.2, 0) is 9.59 Å². The van der Waals surface area contributed by atoms with Crippen LogP contribution in [0.2, 0.25) is 0 Å². The summed E-state index contributed by atoms with van der Waals surface area (Å²) in [5.74, 6) is 0.0344. The van der Waals surface area contributed by atoms with E-state index in [9.17, 15) is 9.59 Å². The predicted octanol–water partition coefficient (Wildman–Crippen LogP) is 1.47. The van der Waals surface area contributed by atoms with Gasteiger partial charge in [-0.1, -0.05) is 30.3 Å². The van der Waals surface area contributed by atoms with Crippen LogP contribution in [0.4, 0.5) is 0 Å². The first-order valence-electron chi connectivity index (χ1n) is 9.00. The Morgan fingerprint density at radius 1 is 1.20 bits per heavy atom. The second kappa shape index (κ2) is 8.45. The van der Waals surface area contributed by atoms with E-state index in [0.29, 0.717) is 18.9 Å². The summed E-state index contributed by atoms with van der Waals surface area (Å²) in [7, 11) is 0. The second-order valence-corrected chi connectivity index (χ2v) is 6.92. The third-order valence-corrected chi connectivity index (χ3v) is 5.34. The van der Waals surface area contributed by atoms with Crippen molar-refractivity contribution in [3.8, 4) is 0 Å². The van der Waals surface area contributed by atoms with Gasteiger partial charge in [0, 0.05) is 19.5 Å². The monoisotopic (exact) mass is 344 g/mol. The molecule has 2 heterocycles. The molecule has 2 amide bonds. The molecule has 0 unspecified atom stereocenters. The number of hydrogen-bond acceptors (Lipinski definition) is 4. The molecule has 135 valence electrons. The topological polar surface area (TPSA) is 81.7 Å². The number of rotatable bonds is 4. The van der Waals surface area contributed by atoms with Crippen molar-refractivity contribution in [3.05, 3.63) is 42.3 Å². The van der Waals surface area contributed by atoms with E-state index in [2.05, 4.69) is 29.6 Å². The Morgan fingerprint density at radius 2 is 1.92 bits per heavy atom. The van der Waals surface area contributed by atoms with Crippen LogP contribution in [-0.4, -0.2) is 47.6 Å². The van der Waals surface area contributed by atoms with Crippen molar-refractivity contribution >= 4 is 11.8 Å². The molecule has 1 aromatic carbocycles. The minimum absolute atomic E-state index is 0.0790. The molecule has 0 spiro atoms. The van der Waals surface area contributed by atoms with E-state index in [1.54, 1.807) is 5.48 Å². The molecule has 0 saturated carbocycles. The summed E-state index contributed by atoms with van der Waals surface area (Å²) in [4.78, 5) is 26.4. The van der Waals surface area contributed by atoms with Crippen molar-refractivity contribution in [3.63, 3.8) is 0 Å². The molecule has 1 radical (unpaired) electrons. The highest BCUT2D eigenvalue weighted by atomic mass is 16.5. The molecule has 25 heavy (non-hydrogen) atoms. The van der Waals surface area contributed by atoms with Gasteiger partial charge in [0.05, 0.1) is 6.04 Å². The average Bonchev–Trinajstić information content (AvgIpc) is 2.68. The van der Waals surface area contributed by atoms with Crippen LogP contribution in [0.1, 0.15) is 37.2 Å². The van der Waals surface area contributed by atoms with E-state index in [0.717, 1.165) is 25.9 Å². The lowest BCUT2D eigenvalue weighted by Gasteiger charge is -2.38. The summed E-state index contributed by atoms with van der Waals surface area (Å²) in [6.45, 7) is 2.17. The number of hydrogen-bond donors (Lipinski definition) is 3. The molecular formula is C19H26N3O3. The van der Waals surface area contributed by atoms with Crippen LogP contribution >= 0.6 is 0 Å². The number of piperidine rings is 2. The van der Waals surface area contributed by atoms with E-state index < -0.39 is 5.91 Å². The lowest BCUT2D eigenvalue weighted by atomic mass is 9.85. The van der Waals surface area contributed by atoms with Gasteiger partial charge in [0.25, 0.3) is 0 Å². The van der Waals surface area contributed by atoms with Gasteiger partial charge >= 0.3 is 0 Å². The van der Waals surface area contributed by atoms with Crippen LogP contribution in [0.25, 0.3) is 0 Å². The van der Waals surface area contributed by atoms with Crippen molar-refractivity contribution in [2.45, 2.75) is 37.6 Å². The van der Waals surface area contributed by atoms with E-state index in [4.69, 9.17) is 5.21 Å². The Kier molecular flexibility index (Phi) is 6.04. The van der Waals surface area contributed by atoms with Crippen LogP contribution in [0, 0.1) is 12.3 Å². The van der Waals surface area contributed by atoms with E-state index in [1.807, 2.05) is 17.4 Å². The molecule has 0 aromatic heterocycles. The highest BCUT2D eigenvalue weighted by Crippen LogP contribution is 2.29. The fourth-order valence-corrected chi connectivity index (χ4v) is 3.94. The molecule has 2 atom stereocenters. The SMILES string of the molecule is O=C(C[C@@H]1C[CH]CN[C@@H]1C(=O)N1CCC(c2ccccc2)CC1)NO. The standard InChI is InChI=1S/C19H26N3O3/c23-17(21-25)13-16-7-4-10-20-18(16)19(24)22-11-8-15(9-12-22)14-5-2-1-3-6-14/h1-6,15-16,18,20,25H,7-13H2,(H,21,23)/t16-,18-/m0/s1. The first kappa shape index (κ1) is 17.9. The highest BCUT2D eigenvalue weighted by Gasteiger charge is 2.36. The number of carbonyl (C=O) groups excluding carboxylic acids is 2. The van der Waals surface area contributed by atoms with Gasteiger partial charge in [-0.25, -0.2) is 5.48 Å². The zero-order valence-corrected chi connectivity index (χ0v) is 14.4. The fraction of sp³-hybridized carbons (Fsp3) is 0.526. The first-order chi connectivity index (χ1) is 12.2. The quantitative estimate of drug-likeness (QED) is 0.571. The maximum absolute atomic E-state index is 12.9. The summed E-state index contributed by atoms with van der Waals surface area (Å²) in [6.07, 6.45) is 4.84. The van der Waals surface area contributed by atoms with Crippen molar-refractivity contribution in [2.24, 2.45) is 5.92 Å². The summed E-state index contributed by atoms with van der Waals surface area (Å²) in [6, 6.07) is 10.1. The Hall–Kier alpha value is -1.92. The van der Waals surface area contributed by atoms with Gasteiger partial charge in [-0.05, 0) is 49.6 Å². The Bertz CT molecular complexity index is 585. The first-order valence-corrected chi connectivity index (χ1v) is 9.00. The summed E-state index contributed by atoms with van der Waals surface area (Å²) < 4.78 is 0. The van der Waals surface area contributed by atoms with Gasteiger partial charge in [-0.3, -0.25) is 14.8 Å². The molecule has 0 aliphatic carbocycles. The van der Waals surface area contributed by atoms with Crippen molar-refractivity contribution in [2.75, 3.05) is 19.6 Å². The molecular weight excluding hydrogens is 318 g/mol. The molecule has 3 N–H and O–H groups in total. The molecule has 3 rings (SSSR count). The molecule has 2 aliphatic heterocycles. The van der Waals surface area contributed by atoms with Gasteiger partial charge in [0.15, 0.2) is 0 Å². The molecule has 2 saturated heterocycles.